The summed E-state index contributed by atoms with van der Waals surface area (Å²) in [7, 11) is 7.67. The minimum atomic E-state index is -0.448. The van der Waals surface area contributed by atoms with Crippen LogP contribution in [0, 0.1) is 23.7 Å². The molecule has 0 radical (unpaired) electrons. The van der Waals surface area contributed by atoms with Crippen LogP contribution in [0.25, 0.3) is 0 Å². The summed E-state index contributed by atoms with van der Waals surface area (Å²) in [5.74, 6) is 1.48. The molecule has 0 aliphatic rings. The van der Waals surface area contributed by atoms with Crippen molar-refractivity contribution in [3.63, 3.8) is 0 Å². The zero-order chi connectivity index (χ0) is 42.5. The zero-order valence-electron chi connectivity index (χ0n) is 37.4. The Kier molecular flexibility index (Phi) is 62.9. The van der Waals surface area contributed by atoms with Crippen LogP contribution in [0.4, 0.5) is 0 Å². The van der Waals surface area contributed by atoms with E-state index >= 15 is 0 Å². The fourth-order valence-electron chi connectivity index (χ4n) is 4.03. The van der Waals surface area contributed by atoms with Crippen molar-refractivity contribution in [1.82, 2.24) is 9.80 Å². The molecule has 0 aliphatic carbocycles. The third-order valence-corrected chi connectivity index (χ3v) is 6.71. The predicted octanol–water partition coefficient (Wildman–Crippen LogP) is 7.72. The van der Waals surface area contributed by atoms with Crippen molar-refractivity contribution in [3.8, 4) is 0 Å². The number of halogens is 1. The second kappa shape index (κ2) is 49.1. The van der Waals surface area contributed by atoms with Crippen LogP contribution in [-0.4, -0.2) is 118 Å². The first-order valence-corrected chi connectivity index (χ1v) is 19.7. The summed E-state index contributed by atoms with van der Waals surface area (Å²) in [5, 5.41) is 7.88. The van der Waals surface area contributed by atoms with Gasteiger partial charge in [-0.15, -0.1) is 12.4 Å². The number of hydrogen-bond donors (Lipinski definition) is 3. The Morgan fingerprint density at radius 3 is 1.07 bits per heavy atom. The number of nitrogens with two attached hydrogens (primary N) is 2. The van der Waals surface area contributed by atoms with Crippen LogP contribution in [-0.2, 0) is 38.1 Å². The predicted molar refractivity (Wildman–Crippen MR) is 238 cm³/mol. The molecule has 0 aliphatic heterocycles. The average molecular weight is 836 g/mol. The Labute approximate surface area is 352 Å². The fraction of sp³-hybridized carbons (Fsp3) is 0.905. The minimum Gasteiger partial charge on any atom is -0.465 e. The van der Waals surface area contributed by atoms with Gasteiger partial charge in [-0.3, -0.25) is 34.7 Å². The molecule has 4 atom stereocenters. The smallest absolute Gasteiger partial charge is 0.323 e. The van der Waals surface area contributed by atoms with E-state index in [1.165, 1.54) is 0 Å². The Balaban J connectivity index is -0.0000000878. The molecule has 0 bridgehead atoms. The summed E-state index contributed by atoms with van der Waals surface area (Å²) in [6.45, 7) is 26.7. The van der Waals surface area contributed by atoms with E-state index in [9.17, 15) is 19.2 Å². The normalized spacial score (nSPS) is 12.2. The van der Waals surface area contributed by atoms with Crippen molar-refractivity contribution in [2.45, 2.75) is 174 Å². The lowest BCUT2D eigenvalue weighted by atomic mass is 10.0. The monoisotopic (exact) mass is 835 g/mol. The van der Waals surface area contributed by atoms with Gasteiger partial charge in [-0.25, -0.2) is 0 Å². The first kappa shape index (κ1) is 71.7. The van der Waals surface area contributed by atoms with Crippen molar-refractivity contribution in [2.24, 2.45) is 35.1 Å². The third-order valence-electron chi connectivity index (χ3n) is 6.71. The Morgan fingerprint density at radius 2 is 0.857 bits per heavy atom. The summed E-state index contributed by atoms with van der Waals surface area (Å²) >= 11 is 0. The summed E-state index contributed by atoms with van der Waals surface area (Å²) in [5.41, 5.74) is 10.9. The van der Waals surface area contributed by atoms with Crippen LogP contribution in [0.2, 0.25) is 0 Å². The van der Waals surface area contributed by atoms with Gasteiger partial charge in [0.15, 0.2) is 6.23 Å². The number of carbonyl (C=O) groups excluding carboxylic acids is 4. The van der Waals surface area contributed by atoms with Crippen molar-refractivity contribution in [1.29, 1.82) is 0 Å². The van der Waals surface area contributed by atoms with Gasteiger partial charge in [0.05, 0.1) is 19.8 Å². The van der Waals surface area contributed by atoms with Gasteiger partial charge in [0, 0.05) is 13.0 Å². The van der Waals surface area contributed by atoms with Gasteiger partial charge in [-0.1, -0.05) is 97.9 Å². The molecule has 0 aromatic rings. The van der Waals surface area contributed by atoms with Crippen molar-refractivity contribution >= 4 is 36.8 Å². The third kappa shape index (κ3) is 54.1. The van der Waals surface area contributed by atoms with Gasteiger partial charge in [0.2, 0.25) is 0 Å². The number of nitrogens with zero attached hydrogens (tertiary/aromatic N) is 2. The van der Waals surface area contributed by atoms with E-state index in [0.29, 0.717) is 63.0 Å². The number of aliphatic hydroxyl groups excluding tert-OH is 1. The highest BCUT2D eigenvalue weighted by molar-refractivity contribution is 5.85. The number of ether oxygens (including phenoxy) is 4. The van der Waals surface area contributed by atoms with Gasteiger partial charge >= 0.3 is 17.9 Å². The SMILES string of the molecule is C.C.CC(C)CC(N)OC=O.CCCO.CCCOC(=O)C(CC(C)C)N(C)C.CCCOC(=O)C(CC(C)C)N(C)C.CCCOC(=O)C(N)CC(C)C.Cl. The molecule has 0 aromatic heterocycles. The molecule has 0 rings (SSSR count). The molecule has 14 heteroatoms. The standard InChI is InChI=1S/2C11H23NO2.C9H19NO2.C6H13NO2.C3H8O.2CH4.ClH/c2*1-6-7-14-11(13)10(12(4)5)8-9(2)3;1-4-5-12-9(11)8(10)6-7(2)3;1-5(2)3-6(7)9-4-8;1-2-3-4;;;/h2*9-10H,6-8H2,1-5H3;7-8H,4-6,10H2,1-3H3;4-6H,3,7H2,1-2H3;4H,2-3H2,1H3;2*1H4;1H. The van der Waals surface area contributed by atoms with E-state index in [1.54, 1.807) is 0 Å². The second-order valence-electron chi connectivity index (χ2n) is 15.1. The highest BCUT2D eigenvalue weighted by atomic mass is 35.5. The quantitative estimate of drug-likeness (QED) is 0.0417. The fourth-order valence-corrected chi connectivity index (χ4v) is 4.03. The molecule has 5 N–H and O–H groups in total. The first-order chi connectivity index (χ1) is 24.6. The largest absolute Gasteiger partial charge is 0.465 e. The number of esters is 3. The molecule has 344 valence electrons. The van der Waals surface area contributed by atoms with Crippen LogP contribution < -0.4 is 11.5 Å². The molecule has 0 saturated heterocycles. The summed E-state index contributed by atoms with van der Waals surface area (Å²) in [6, 6.07) is -0.639. The van der Waals surface area contributed by atoms with E-state index in [2.05, 4.69) is 32.4 Å². The Bertz CT molecular complexity index is 809. The topological polar surface area (TPSA) is 184 Å². The van der Waals surface area contributed by atoms with Crippen LogP contribution in [0.3, 0.4) is 0 Å². The van der Waals surface area contributed by atoms with E-state index in [4.69, 9.17) is 30.8 Å². The van der Waals surface area contributed by atoms with Crippen LogP contribution in [0.5, 0.6) is 0 Å². The molecule has 0 aromatic carbocycles. The van der Waals surface area contributed by atoms with E-state index < -0.39 is 12.3 Å². The van der Waals surface area contributed by atoms with Gasteiger partial charge in [0.1, 0.15) is 18.1 Å². The van der Waals surface area contributed by atoms with Gasteiger partial charge in [-0.05, 0) is 96.8 Å². The second-order valence-corrected chi connectivity index (χ2v) is 15.1. The maximum Gasteiger partial charge on any atom is 0.323 e. The van der Waals surface area contributed by atoms with Crippen molar-refractivity contribution in [2.75, 3.05) is 54.6 Å². The van der Waals surface area contributed by atoms with E-state index in [1.807, 2.05) is 93.4 Å². The molecule has 0 saturated carbocycles. The van der Waals surface area contributed by atoms with Crippen molar-refractivity contribution in [3.05, 3.63) is 0 Å². The van der Waals surface area contributed by atoms with Crippen LogP contribution >= 0.6 is 12.4 Å². The molecule has 4 unspecified atom stereocenters. The van der Waals surface area contributed by atoms with Crippen molar-refractivity contribution < 1.29 is 43.2 Å². The van der Waals surface area contributed by atoms with E-state index in [-0.39, 0.29) is 57.3 Å². The average Bonchev–Trinajstić information content (AvgIpc) is 3.06. The summed E-state index contributed by atoms with van der Waals surface area (Å²) in [4.78, 5) is 47.9. The molecule has 0 fully saturated rings. The Morgan fingerprint density at radius 1 is 0.571 bits per heavy atom. The van der Waals surface area contributed by atoms with Gasteiger partial charge < -0.3 is 29.8 Å². The lowest BCUT2D eigenvalue weighted by Gasteiger charge is -2.23. The molecule has 13 nitrogen and oxygen atoms in total. The summed E-state index contributed by atoms with van der Waals surface area (Å²) in [6.07, 6.45) is 6.19. The zero-order valence-corrected chi connectivity index (χ0v) is 38.2. The molecule has 0 heterocycles. The number of hydrogen-bond acceptors (Lipinski definition) is 13. The highest BCUT2D eigenvalue weighted by Gasteiger charge is 2.24. The van der Waals surface area contributed by atoms with Gasteiger partial charge in [0.25, 0.3) is 6.47 Å². The summed E-state index contributed by atoms with van der Waals surface area (Å²) < 4.78 is 19.6. The van der Waals surface area contributed by atoms with Gasteiger partial charge in [-0.2, -0.15) is 0 Å². The lowest BCUT2D eigenvalue weighted by Crippen LogP contribution is -2.38. The van der Waals surface area contributed by atoms with E-state index in [0.717, 1.165) is 44.9 Å². The number of aliphatic hydroxyl groups is 1. The molecular weight excluding hydrogens is 740 g/mol. The molecule has 0 spiro atoms. The molecular formula is C42H95ClN4O9. The minimum absolute atomic E-state index is 0. The molecule has 56 heavy (non-hydrogen) atoms. The molecule has 0 amide bonds. The lowest BCUT2D eigenvalue weighted by molar-refractivity contribution is -0.150. The number of rotatable bonds is 22. The van der Waals surface area contributed by atoms with Crippen LogP contribution in [0.15, 0.2) is 0 Å². The number of likely N-dealkylation sites (N-methyl/N-ethyl adjacent to an activating group) is 2. The Hall–Kier alpha value is -2.03. The van der Waals surface area contributed by atoms with Crippen LogP contribution in [0.1, 0.15) is 149 Å². The maximum absolute atomic E-state index is 11.6. The first-order valence-electron chi connectivity index (χ1n) is 19.7. The number of carbonyl (C=O) groups is 4. The highest BCUT2D eigenvalue weighted by Crippen LogP contribution is 2.12. The maximum atomic E-state index is 11.6.